The predicted octanol–water partition coefficient (Wildman–Crippen LogP) is 3.32. The molecular formula is C13H22O2. The third kappa shape index (κ3) is 3.37. The van der Waals surface area contributed by atoms with E-state index >= 15 is 0 Å². The summed E-state index contributed by atoms with van der Waals surface area (Å²) in [5, 5.41) is 0. The summed E-state index contributed by atoms with van der Waals surface area (Å²) >= 11 is 0. The third-order valence-corrected chi connectivity index (χ3v) is 3.39. The van der Waals surface area contributed by atoms with Gasteiger partial charge in [-0.3, -0.25) is 4.79 Å². The highest BCUT2D eigenvalue weighted by atomic mass is 16.5. The minimum atomic E-state index is -0.0748. The molecule has 0 amide bonds. The Morgan fingerprint density at radius 3 is 2.67 bits per heavy atom. The molecule has 1 rings (SSSR count). The minimum Gasteiger partial charge on any atom is -0.462 e. The van der Waals surface area contributed by atoms with Crippen LogP contribution in [0.1, 0.15) is 46.5 Å². The summed E-state index contributed by atoms with van der Waals surface area (Å²) in [6, 6.07) is 0. The topological polar surface area (TPSA) is 26.3 Å². The first-order chi connectivity index (χ1) is 7.04. The van der Waals surface area contributed by atoms with Crippen molar-refractivity contribution in [2.24, 2.45) is 11.8 Å². The number of rotatable bonds is 3. The van der Waals surface area contributed by atoms with Crippen molar-refractivity contribution in [1.29, 1.82) is 0 Å². The van der Waals surface area contributed by atoms with E-state index in [0.29, 0.717) is 18.3 Å². The SMILES string of the molecule is C=C(C)C1CCC(C)C(OC(=O)CC)C1. The summed E-state index contributed by atoms with van der Waals surface area (Å²) in [5.74, 6) is 0.959. The Morgan fingerprint density at radius 2 is 2.13 bits per heavy atom. The van der Waals surface area contributed by atoms with Gasteiger partial charge in [-0.25, -0.2) is 0 Å². The smallest absolute Gasteiger partial charge is 0.305 e. The van der Waals surface area contributed by atoms with Crippen molar-refractivity contribution < 1.29 is 9.53 Å². The number of hydrogen-bond acceptors (Lipinski definition) is 2. The molecule has 0 radical (unpaired) electrons. The lowest BCUT2D eigenvalue weighted by Gasteiger charge is -2.34. The van der Waals surface area contributed by atoms with E-state index in [2.05, 4.69) is 20.4 Å². The molecule has 0 aliphatic heterocycles. The van der Waals surface area contributed by atoms with Crippen LogP contribution in [0.2, 0.25) is 0 Å². The molecule has 1 aliphatic rings. The first-order valence-electron chi connectivity index (χ1n) is 5.89. The number of allylic oxidation sites excluding steroid dienone is 1. The Balaban J connectivity index is 2.53. The fourth-order valence-corrected chi connectivity index (χ4v) is 2.14. The van der Waals surface area contributed by atoms with E-state index in [1.807, 2.05) is 6.92 Å². The molecule has 2 heteroatoms. The fourth-order valence-electron chi connectivity index (χ4n) is 2.14. The lowest BCUT2D eigenvalue weighted by molar-refractivity contribution is -0.153. The van der Waals surface area contributed by atoms with E-state index in [0.717, 1.165) is 12.8 Å². The second-order valence-electron chi connectivity index (χ2n) is 4.72. The number of hydrogen-bond donors (Lipinski definition) is 0. The quantitative estimate of drug-likeness (QED) is 0.527. The van der Waals surface area contributed by atoms with Crippen molar-refractivity contribution in [2.45, 2.75) is 52.6 Å². The maximum atomic E-state index is 11.3. The molecule has 0 aromatic rings. The highest BCUT2D eigenvalue weighted by Gasteiger charge is 2.30. The van der Waals surface area contributed by atoms with Gasteiger partial charge in [-0.15, -0.1) is 0 Å². The molecule has 1 aliphatic carbocycles. The van der Waals surface area contributed by atoms with Gasteiger partial charge in [0.2, 0.25) is 0 Å². The first-order valence-corrected chi connectivity index (χ1v) is 5.89. The number of esters is 1. The van der Waals surface area contributed by atoms with Crippen molar-refractivity contribution in [1.82, 2.24) is 0 Å². The Labute approximate surface area is 92.7 Å². The molecule has 0 aromatic carbocycles. The molecule has 15 heavy (non-hydrogen) atoms. The zero-order valence-corrected chi connectivity index (χ0v) is 10.1. The average Bonchev–Trinajstić information content (AvgIpc) is 2.20. The highest BCUT2D eigenvalue weighted by molar-refractivity contribution is 5.69. The van der Waals surface area contributed by atoms with Crippen molar-refractivity contribution in [3.8, 4) is 0 Å². The minimum absolute atomic E-state index is 0.0748. The summed E-state index contributed by atoms with van der Waals surface area (Å²) in [6.07, 6.45) is 3.87. The Kier molecular flexibility index (Phi) is 4.37. The van der Waals surface area contributed by atoms with E-state index in [-0.39, 0.29) is 12.1 Å². The third-order valence-electron chi connectivity index (χ3n) is 3.39. The molecule has 3 unspecified atom stereocenters. The Hall–Kier alpha value is -0.790. The molecule has 0 spiro atoms. The molecule has 0 bridgehead atoms. The van der Waals surface area contributed by atoms with Crippen LogP contribution in [-0.2, 0) is 9.53 Å². The van der Waals surface area contributed by atoms with Crippen LogP contribution in [0.15, 0.2) is 12.2 Å². The van der Waals surface area contributed by atoms with Crippen LogP contribution < -0.4 is 0 Å². The molecule has 0 aromatic heterocycles. The number of carbonyl (C=O) groups is 1. The molecule has 2 nitrogen and oxygen atoms in total. The van der Waals surface area contributed by atoms with Crippen LogP contribution in [-0.4, -0.2) is 12.1 Å². The van der Waals surface area contributed by atoms with Gasteiger partial charge in [0.25, 0.3) is 0 Å². The van der Waals surface area contributed by atoms with Gasteiger partial charge in [0.1, 0.15) is 6.10 Å². The van der Waals surface area contributed by atoms with Crippen molar-refractivity contribution >= 4 is 5.97 Å². The standard InChI is InChI=1S/C13H22O2/c1-5-13(14)15-12-8-11(9(2)3)7-6-10(12)4/h10-12H,2,5-8H2,1,3-4H3. The summed E-state index contributed by atoms with van der Waals surface area (Å²) < 4.78 is 5.45. The predicted molar refractivity (Wildman–Crippen MR) is 61.5 cm³/mol. The van der Waals surface area contributed by atoms with Gasteiger partial charge < -0.3 is 4.74 Å². The second kappa shape index (κ2) is 5.34. The largest absolute Gasteiger partial charge is 0.462 e. The summed E-state index contributed by atoms with van der Waals surface area (Å²) in [7, 11) is 0. The Morgan fingerprint density at radius 1 is 1.47 bits per heavy atom. The van der Waals surface area contributed by atoms with Crippen LogP contribution in [0.25, 0.3) is 0 Å². The number of carbonyl (C=O) groups excluding carboxylic acids is 1. The molecule has 0 saturated heterocycles. The van der Waals surface area contributed by atoms with Gasteiger partial charge in [-0.1, -0.05) is 26.0 Å². The average molecular weight is 210 g/mol. The maximum absolute atomic E-state index is 11.3. The molecule has 3 atom stereocenters. The second-order valence-corrected chi connectivity index (χ2v) is 4.72. The fraction of sp³-hybridized carbons (Fsp3) is 0.769. The monoisotopic (exact) mass is 210 g/mol. The zero-order chi connectivity index (χ0) is 11.4. The first kappa shape index (κ1) is 12.3. The zero-order valence-electron chi connectivity index (χ0n) is 10.1. The number of ether oxygens (including phenoxy) is 1. The molecule has 0 heterocycles. The molecular weight excluding hydrogens is 188 g/mol. The van der Waals surface area contributed by atoms with Crippen molar-refractivity contribution in [2.75, 3.05) is 0 Å². The van der Waals surface area contributed by atoms with E-state index in [9.17, 15) is 4.79 Å². The summed E-state index contributed by atoms with van der Waals surface area (Å²) in [6.45, 7) is 10.1. The van der Waals surface area contributed by atoms with Crippen LogP contribution in [0.4, 0.5) is 0 Å². The molecule has 86 valence electrons. The van der Waals surface area contributed by atoms with Gasteiger partial charge in [0.05, 0.1) is 0 Å². The highest BCUT2D eigenvalue weighted by Crippen LogP contribution is 2.34. The summed E-state index contributed by atoms with van der Waals surface area (Å²) in [4.78, 5) is 11.3. The van der Waals surface area contributed by atoms with E-state index < -0.39 is 0 Å². The van der Waals surface area contributed by atoms with Crippen LogP contribution in [0.3, 0.4) is 0 Å². The van der Waals surface area contributed by atoms with Crippen molar-refractivity contribution in [3.05, 3.63) is 12.2 Å². The lowest BCUT2D eigenvalue weighted by Crippen LogP contribution is -2.32. The maximum Gasteiger partial charge on any atom is 0.305 e. The summed E-state index contributed by atoms with van der Waals surface area (Å²) in [5.41, 5.74) is 1.22. The van der Waals surface area contributed by atoms with E-state index in [4.69, 9.17) is 4.74 Å². The van der Waals surface area contributed by atoms with E-state index in [1.54, 1.807) is 0 Å². The molecule has 1 saturated carbocycles. The van der Waals surface area contributed by atoms with Gasteiger partial charge in [-0.2, -0.15) is 0 Å². The normalized spacial score (nSPS) is 31.0. The van der Waals surface area contributed by atoms with Crippen molar-refractivity contribution in [3.63, 3.8) is 0 Å². The van der Waals surface area contributed by atoms with Crippen LogP contribution in [0.5, 0.6) is 0 Å². The Bertz CT molecular complexity index is 245. The van der Waals surface area contributed by atoms with Crippen LogP contribution >= 0.6 is 0 Å². The van der Waals surface area contributed by atoms with Gasteiger partial charge >= 0.3 is 5.97 Å². The van der Waals surface area contributed by atoms with Gasteiger partial charge in [0.15, 0.2) is 0 Å². The van der Waals surface area contributed by atoms with E-state index in [1.165, 1.54) is 12.0 Å². The van der Waals surface area contributed by atoms with Gasteiger partial charge in [0, 0.05) is 6.42 Å². The lowest BCUT2D eigenvalue weighted by atomic mass is 9.78. The van der Waals surface area contributed by atoms with Gasteiger partial charge in [-0.05, 0) is 38.0 Å². The molecule has 1 fully saturated rings. The van der Waals surface area contributed by atoms with Crippen LogP contribution in [0, 0.1) is 11.8 Å². The molecule has 0 N–H and O–H groups in total.